The van der Waals surface area contributed by atoms with Crippen LogP contribution in [-0.4, -0.2) is 7.11 Å². The van der Waals surface area contributed by atoms with Crippen LogP contribution in [-0.2, 0) is 6.42 Å². The third kappa shape index (κ3) is 1.41. The first-order valence-corrected chi connectivity index (χ1v) is 5.86. The van der Waals surface area contributed by atoms with Gasteiger partial charge in [0.15, 0.2) is 0 Å². The largest absolute Gasteiger partial charge is 0.496 e. The Labute approximate surface area is 93.1 Å². The Bertz CT molecular complexity index is 460. The number of methoxy groups -OCH3 is 1. The highest BCUT2D eigenvalue weighted by Gasteiger charge is 2.09. The number of hydrogen-bond donors (Lipinski definition) is 1. The van der Waals surface area contributed by atoms with E-state index in [1.54, 1.807) is 18.4 Å². The van der Waals surface area contributed by atoms with Gasteiger partial charge in [0.25, 0.3) is 0 Å². The minimum Gasteiger partial charge on any atom is -0.496 e. The molecular formula is C11H12OS2. The lowest BCUT2D eigenvalue weighted by Gasteiger charge is -2.05. The van der Waals surface area contributed by atoms with Crippen LogP contribution in [0, 0.1) is 0 Å². The van der Waals surface area contributed by atoms with E-state index in [9.17, 15) is 0 Å². The smallest absolute Gasteiger partial charge is 0.132 e. The first-order valence-electron chi connectivity index (χ1n) is 4.54. The summed E-state index contributed by atoms with van der Waals surface area (Å²) in [5.41, 5.74) is 1.36. The minimum atomic E-state index is 0.855. The van der Waals surface area contributed by atoms with Gasteiger partial charge in [0.1, 0.15) is 5.75 Å². The first kappa shape index (κ1) is 9.87. The normalized spacial score (nSPS) is 10.8. The average molecular weight is 224 g/mol. The van der Waals surface area contributed by atoms with Gasteiger partial charge in [0, 0.05) is 10.1 Å². The van der Waals surface area contributed by atoms with Gasteiger partial charge in [-0.15, -0.1) is 24.0 Å². The zero-order valence-electron chi connectivity index (χ0n) is 8.20. The van der Waals surface area contributed by atoms with E-state index in [1.807, 2.05) is 6.07 Å². The van der Waals surface area contributed by atoms with Crippen LogP contribution in [0.25, 0.3) is 10.1 Å². The molecule has 74 valence electrons. The molecule has 0 saturated carbocycles. The van der Waals surface area contributed by atoms with Gasteiger partial charge < -0.3 is 4.74 Å². The summed E-state index contributed by atoms with van der Waals surface area (Å²) in [5.74, 6) is 0.855. The second kappa shape index (κ2) is 3.83. The van der Waals surface area contributed by atoms with Gasteiger partial charge in [-0.2, -0.15) is 0 Å². The molecule has 2 rings (SSSR count). The Morgan fingerprint density at radius 1 is 1.43 bits per heavy atom. The summed E-state index contributed by atoms with van der Waals surface area (Å²) >= 11 is 6.28. The Morgan fingerprint density at radius 2 is 2.21 bits per heavy atom. The maximum absolute atomic E-state index is 5.25. The average Bonchev–Trinajstić information content (AvgIpc) is 2.62. The van der Waals surface area contributed by atoms with Crippen molar-refractivity contribution in [3.8, 4) is 5.75 Å². The molecular weight excluding hydrogens is 212 g/mol. The fourth-order valence-electron chi connectivity index (χ4n) is 1.58. The van der Waals surface area contributed by atoms with Crippen molar-refractivity contribution in [2.45, 2.75) is 18.2 Å². The maximum atomic E-state index is 5.25. The van der Waals surface area contributed by atoms with Crippen LogP contribution in [0.3, 0.4) is 0 Å². The van der Waals surface area contributed by atoms with E-state index in [0.717, 1.165) is 17.1 Å². The summed E-state index contributed by atoms with van der Waals surface area (Å²) in [5, 5.41) is 3.45. The SMILES string of the molecule is CCc1csc2ccc(OC)c(S)c12. The lowest BCUT2D eigenvalue weighted by Crippen LogP contribution is -1.85. The van der Waals surface area contributed by atoms with Crippen molar-refractivity contribution < 1.29 is 4.74 Å². The second-order valence-corrected chi connectivity index (χ2v) is 4.46. The van der Waals surface area contributed by atoms with E-state index in [4.69, 9.17) is 4.74 Å². The van der Waals surface area contributed by atoms with Crippen LogP contribution < -0.4 is 4.74 Å². The summed E-state index contributed by atoms with van der Waals surface area (Å²) in [4.78, 5) is 0.961. The molecule has 0 amide bonds. The predicted molar refractivity (Wildman–Crippen MR) is 65.0 cm³/mol. The van der Waals surface area contributed by atoms with Crippen molar-refractivity contribution in [1.82, 2.24) is 0 Å². The van der Waals surface area contributed by atoms with Gasteiger partial charge in [0.05, 0.1) is 12.0 Å². The third-order valence-electron chi connectivity index (χ3n) is 2.35. The van der Waals surface area contributed by atoms with Crippen molar-refractivity contribution >= 4 is 34.1 Å². The van der Waals surface area contributed by atoms with Crippen molar-refractivity contribution in [2.24, 2.45) is 0 Å². The van der Waals surface area contributed by atoms with Gasteiger partial charge >= 0.3 is 0 Å². The number of thiophene rings is 1. The van der Waals surface area contributed by atoms with Crippen molar-refractivity contribution in [2.75, 3.05) is 7.11 Å². The lowest BCUT2D eigenvalue weighted by molar-refractivity contribution is 0.406. The number of rotatable bonds is 2. The fraction of sp³-hybridized carbons (Fsp3) is 0.273. The molecule has 0 N–H and O–H groups in total. The molecule has 2 aromatic rings. The standard InChI is InChI=1S/C11H12OS2/c1-3-7-6-14-9-5-4-8(12-2)11(13)10(7)9/h4-6,13H,3H2,1-2H3. The number of ether oxygens (including phenoxy) is 1. The van der Waals surface area contributed by atoms with E-state index >= 15 is 0 Å². The Kier molecular flexibility index (Phi) is 2.70. The van der Waals surface area contributed by atoms with Crippen LogP contribution in [0.1, 0.15) is 12.5 Å². The fourth-order valence-corrected chi connectivity index (χ4v) is 3.14. The molecule has 1 heterocycles. The molecule has 1 nitrogen and oxygen atoms in total. The number of aryl methyl sites for hydroxylation is 1. The number of fused-ring (bicyclic) bond motifs is 1. The maximum Gasteiger partial charge on any atom is 0.132 e. The van der Waals surface area contributed by atoms with Crippen LogP contribution in [0.2, 0.25) is 0 Å². The summed E-state index contributed by atoms with van der Waals surface area (Å²) in [6.07, 6.45) is 1.04. The second-order valence-electron chi connectivity index (χ2n) is 3.10. The van der Waals surface area contributed by atoms with Crippen LogP contribution in [0.15, 0.2) is 22.4 Å². The Hall–Kier alpha value is -0.670. The highest BCUT2D eigenvalue weighted by Crippen LogP contribution is 2.36. The topological polar surface area (TPSA) is 9.23 Å². The van der Waals surface area contributed by atoms with Crippen molar-refractivity contribution in [3.05, 3.63) is 23.1 Å². The first-order chi connectivity index (χ1) is 6.77. The summed E-state index contributed by atoms with van der Waals surface area (Å²) in [6, 6.07) is 4.07. The number of hydrogen-bond acceptors (Lipinski definition) is 3. The van der Waals surface area contributed by atoms with Crippen LogP contribution in [0.4, 0.5) is 0 Å². The molecule has 0 radical (unpaired) electrons. The molecule has 0 aliphatic heterocycles. The third-order valence-corrected chi connectivity index (χ3v) is 3.79. The van der Waals surface area contributed by atoms with Crippen LogP contribution in [0.5, 0.6) is 5.75 Å². The molecule has 1 aromatic heterocycles. The highest BCUT2D eigenvalue weighted by molar-refractivity contribution is 7.80. The van der Waals surface area contributed by atoms with E-state index in [1.165, 1.54) is 15.6 Å². The molecule has 0 atom stereocenters. The molecule has 0 aliphatic rings. The summed E-state index contributed by atoms with van der Waals surface area (Å²) < 4.78 is 6.54. The van der Waals surface area contributed by atoms with Gasteiger partial charge in [-0.3, -0.25) is 0 Å². The molecule has 0 bridgehead atoms. The molecule has 0 aliphatic carbocycles. The van der Waals surface area contributed by atoms with Gasteiger partial charge in [-0.25, -0.2) is 0 Å². The minimum absolute atomic E-state index is 0.855. The Morgan fingerprint density at radius 3 is 2.86 bits per heavy atom. The van der Waals surface area contributed by atoms with Crippen molar-refractivity contribution in [3.63, 3.8) is 0 Å². The van der Waals surface area contributed by atoms with Crippen molar-refractivity contribution in [1.29, 1.82) is 0 Å². The van der Waals surface area contributed by atoms with E-state index < -0.39 is 0 Å². The van der Waals surface area contributed by atoms with E-state index in [0.29, 0.717) is 0 Å². The number of thiol groups is 1. The molecule has 14 heavy (non-hydrogen) atoms. The Balaban J connectivity index is 2.77. The lowest BCUT2D eigenvalue weighted by atomic mass is 10.1. The molecule has 1 aromatic carbocycles. The van der Waals surface area contributed by atoms with Gasteiger partial charge in [-0.05, 0) is 29.5 Å². The molecule has 0 saturated heterocycles. The molecule has 0 fully saturated rings. The highest BCUT2D eigenvalue weighted by atomic mass is 32.1. The monoisotopic (exact) mass is 224 g/mol. The zero-order valence-corrected chi connectivity index (χ0v) is 9.91. The molecule has 0 spiro atoms. The molecule has 3 heteroatoms. The quantitative estimate of drug-likeness (QED) is 0.764. The van der Waals surface area contributed by atoms with E-state index in [2.05, 4.69) is 31.0 Å². The summed E-state index contributed by atoms with van der Waals surface area (Å²) in [7, 11) is 1.68. The van der Waals surface area contributed by atoms with Gasteiger partial charge in [0.2, 0.25) is 0 Å². The predicted octanol–water partition coefficient (Wildman–Crippen LogP) is 3.76. The molecule has 0 unspecified atom stereocenters. The van der Waals surface area contributed by atoms with E-state index in [-0.39, 0.29) is 0 Å². The zero-order chi connectivity index (χ0) is 10.1. The van der Waals surface area contributed by atoms with Gasteiger partial charge in [-0.1, -0.05) is 6.92 Å². The van der Waals surface area contributed by atoms with Crippen LogP contribution >= 0.6 is 24.0 Å². The number of benzene rings is 1. The summed E-state index contributed by atoms with van der Waals surface area (Å²) in [6.45, 7) is 2.16.